The van der Waals surface area contributed by atoms with Crippen molar-refractivity contribution in [2.45, 2.75) is 68.3 Å². The van der Waals surface area contributed by atoms with E-state index in [1.54, 1.807) is 0 Å². The highest BCUT2D eigenvalue weighted by molar-refractivity contribution is 8.00. The van der Waals surface area contributed by atoms with E-state index in [4.69, 9.17) is 0 Å². The molecule has 0 aliphatic carbocycles. The van der Waals surface area contributed by atoms with E-state index in [-0.39, 0.29) is 0 Å². The first-order chi connectivity index (χ1) is 5.95. The van der Waals surface area contributed by atoms with Gasteiger partial charge in [0.1, 0.15) is 0 Å². The van der Waals surface area contributed by atoms with Gasteiger partial charge in [0.2, 0.25) is 0 Å². The van der Waals surface area contributed by atoms with Crippen LogP contribution in [0, 0.1) is 0 Å². The predicted molar refractivity (Wildman–Crippen MR) is 56.7 cm³/mol. The molecule has 1 heteroatoms. The van der Waals surface area contributed by atoms with E-state index in [0.717, 1.165) is 10.5 Å². The van der Waals surface area contributed by atoms with Crippen LogP contribution in [-0.2, 0) is 0 Å². The van der Waals surface area contributed by atoms with Crippen molar-refractivity contribution in [1.82, 2.24) is 0 Å². The second-order valence-corrected chi connectivity index (χ2v) is 5.91. The van der Waals surface area contributed by atoms with Crippen LogP contribution < -0.4 is 0 Å². The lowest BCUT2D eigenvalue weighted by atomic mass is 10.1. The molecule has 0 aromatic heterocycles. The van der Waals surface area contributed by atoms with E-state index in [1.165, 1.54) is 57.8 Å². The van der Waals surface area contributed by atoms with Gasteiger partial charge < -0.3 is 0 Å². The van der Waals surface area contributed by atoms with E-state index in [2.05, 4.69) is 11.8 Å². The highest BCUT2D eigenvalue weighted by atomic mass is 32.2. The highest BCUT2D eigenvalue weighted by Gasteiger charge is 2.22. The quantitative estimate of drug-likeness (QED) is 0.548. The molecule has 2 fully saturated rings. The Morgan fingerprint density at radius 2 is 1.08 bits per heavy atom. The summed E-state index contributed by atoms with van der Waals surface area (Å²) in [7, 11) is 0. The fraction of sp³-hybridized carbons (Fsp3) is 1.00. The number of thioether (sulfide) groups is 1. The predicted octanol–water partition coefficient (Wildman–Crippen LogP) is 3.99. The summed E-state index contributed by atoms with van der Waals surface area (Å²) in [5.74, 6) is 0. The first kappa shape index (κ1) is 8.93. The second kappa shape index (κ2) is 4.55. The molecule has 0 aromatic carbocycles. The van der Waals surface area contributed by atoms with Crippen LogP contribution in [0.2, 0.25) is 0 Å². The molecule has 0 aromatic rings. The number of hydrogen-bond acceptors (Lipinski definition) is 1. The Morgan fingerprint density at radius 3 is 1.67 bits per heavy atom. The Morgan fingerprint density at radius 1 is 0.583 bits per heavy atom. The van der Waals surface area contributed by atoms with Crippen LogP contribution in [0.4, 0.5) is 0 Å². The smallest absolute Gasteiger partial charge is 0.00498 e. The summed E-state index contributed by atoms with van der Waals surface area (Å²) in [4.78, 5) is 0. The minimum Gasteiger partial charge on any atom is -0.155 e. The number of hydrogen-bond donors (Lipinski definition) is 0. The number of rotatable bonds is 0. The molecular formula is C11H20S. The molecule has 0 spiro atoms. The minimum absolute atomic E-state index is 1.04. The van der Waals surface area contributed by atoms with Crippen LogP contribution in [0.25, 0.3) is 0 Å². The Hall–Kier alpha value is 0.350. The van der Waals surface area contributed by atoms with E-state index in [9.17, 15) is 0 Å². The van der Waals surface area contributed by atoms with E-state index >= 15 is 0 Å². The zero-order valence-electron chi connectivity index (χ0n) is 7.93. The molecule has 2 aliphatic heterocycles. The topological polar surface area (TPSA) is 0 Å². The van der Waals surface area contributed by atoms with Crippen molar-refractivity contribution in [2.24, 2.45) is 0 Å². The van der Waals surface area contributed by atoms with Gasteiger partial charge in [-0.3, -0.25) is 0 Å². The van der Waals surface area contributed by atoms with Gasteiger partial charge in [-0.1, -0.05) is 32.1 Å². The molecule has 2 heterocycles. The summed E-state index contributed by atoms with van der Waals surface area (Å²) in [6.07, 6.45) is 13.6. The van der Waals surface area contributed by atoms with E-state index in [1.807, 2.05) is 0 Å². The van der Waals surface area contributed by atoms with Gasteiger partial charge >= 0.3 is 0 Å². The summed E-state index contributed by atoms with van der Waals surface area (Å²) < 4.78 is 0. The summed E-state index contributed by atoms with van der Waals surface area (Å²) in [5.41, 5.74) is 0. The lowest BCUT2D eigenvalue weighted by Crippen LogP contribution is -2.16. The lowest BCUT2D eigenvalue weighted by molar-refractivity contribution is 0.570. The lowest BCUT2D eigenvalue weighted by Gasteiger charge is -2.27. The van der Waals surface area contributed by atoms with E-state index < -0.39 is 0 Å². The molecular weight excluding hydrogens is 164 g/mol. The van der Waals surface area contributed by atoms with Crippen molar-refractivity contribution >= 4 is 11.8 Å². The summed E-state index contributed by atoms with van der Waals surface area (Å²) in [5, 5.41) is 2.09. The molecule has 2 unspecified atom stereocenters. The van der Waals surface area contributed by atoms with Crippen molar-refractivity contribution in [3.05, 3.63) is 0 Å². The van der Waals surface area contributed by atoms with Gasteiger partial charge in [-0.2, -0.15) is 11.8 Å². The van der Waals surface area contributed by atoms with Gasteiger partial charge in [0.25, 0.3) is 0 Å². The fourth-order valence-electron chi connectivity index (χ4n) is 2.50. The molecule has 0 saturated carbocycles. The molecule has 12 heavy (non-hydrogen) atoms. The maximum atomic E-state index is 2.32. The summed E-state index contributed by atoms with van der Waals surface area (Å²) in [6, 6.07) is 0. The van der Waals surface area contributed by atoms with Crippen molar-refractivity contribution in [1.29, 1.82) is 0 Å². The summed E-state index contributed by atoms with van der Waals surface area (Å²) in [6.45, 7) is 0. The Labute approximate surface area is 80.5 Å². The van der Waals surface area contributed by atoms with Crippen molar-refractivity contribution in [3.8, 4) is 0 Å². The fourth-order valence-corrected chi connectivity index (χ4v) is 4.26. The standard InChI is InChI=1S/C11H20S/c1-2-4-7-11-9-5-8-10(12-11)6-3-1/h10-11H,1-9H2. The molecule has 70 valence electrons. The molecule has 0 amide bonds. The van der Waals surface area contributed by atoms with Crippen LogP contribution >= 0.6 is 11.8 Å². The molecule has 0 N–H and O–H groups in total. The zero-order chi connectivity index (χ0) is 8.23. The third-order valence-electron chi connectivity index (χ3n) is 3.24. The average molecular weight is 184 g/mol. The third-order valence-corrected chi connectivity index (χ3v) is 4.95. The third kappa shape index (κ3) is 2.42. The van der Waals surface area contributed by atoms with Gasteiger partial charge in [-0.15, -0.1) is 0 Å². The monoisotopic (exact) mass is 184 g/mol. The maximum Gasteiger partial charge on any atom is 0.00498 e. The van der Waals surface area contributed by atoms with Crippen LogP contribution in [-0.4, -0.2) is 10.5 Å². The molecule has 2 rings (SSSR count). The number of fused-ring (bicyclic) bond motifs is 2. The van der Waals surface area contributed by atoms with Crippen molar-refractivity contribution in [2.75, 3.05) is 0 Å². The normalized spacial score (nSPS) is 38.0. The van der Waals surface area contributed by atoms with Gasteiger partial charge in [0.05, 0.1) is 0 Å². The largest absolute Gasteiger partial charge is 0.155 e. The van der Waals surface area contributed by atoms with Crippen molar-refractivity contribution < 1.29 is 0 Å². The summed E-state index contributed by atoms with van der Waals surface area (Å²) >= 11 is 2.32. The van der Waals surface area contributed by atoms with Gasteiger partial charge in [-0.25, -0.2) is 0 Å². The molecule has 2 aliphatic rings. The van der Waals surface area contributed by atoms with Crippen LogP contribution in [0.3, 0.4) is 0 Å². The Bertz CT molecular complexity index is 119. The van der Waals surface area contributed by atoms with Crippen LogP contribution in [0.5, 0.6) is 0 Å². The molecule has 2 saturated heterocycles. The average Bonchev–Trinajstić information content (AvgIpc) is 2.17. The second-order valence-electron chi connectivity index (χ2n) is 4.30. The van der Waals surface area contributed by atoms with Crippen LogP contribution in [0.15, 0.2) is 0 Å². The SMILES string of the molecule is C1CCCC2CCCC(CC1)S2. The molecule has 0 nitrogen and oxygen atoms in total. The Balaban J connectivity index is 1.88. The Kier molecular flexibility index (Phi) is 3.38. The van der Waals surface area contributed by atoms with Gasteiger partial charge in [0.15, 0.2) is 0 Å². The highest BCUT2D eigenvalue weighted by Crippen LogP contribution is 2.38. The zero-order valence-corrected chi connectivity index (χ0v) is 8.74. The van der Waals surface area contributed by atoms with Crippen molar-refractivity contribution in [3.63, 3.8) is 0 Å². The van der Waals surface area contributed by atoms with Gasteiger partial charge in [-0.05, 0) is 25.7 Å². The minimum atomic E-state index is 1.04. The molecule has 2 atom stereocenters. The van der Waals surface area contributed by atoms with E-state index in [0.29, 0.717) is 0 Å². The first-order valence-electron chi connectivity index (χ1n) is 5.60. The van der Waals surface area contributed by atoms with Crippen LogP contribution in [0.1, 0.15) is 57.8 Å². The molecule has 0 radical (unpaired) electrons. The first-order valence-corrected chi connectivity index (χ1v) is 6.55. The van der Waals surface area contributed by atoms with Gasteiger partial charge in [0, 0.05) is 10.5 Å². The maximum absolute atomic E-state index is 2.32. The molecule has 2 bridgehead atoms.